The molecule has 0 amide bonds. The fourth-order valence-corrected chi connectivity index (χ4v) is 3.29. The second kappa shape index (κ2) is 7.06. The Morgan fingerprint density at radius 2 is 2.00 bits per heavy atom. The highest BCUT2D eigenvalue weighted by atomic mass is 19.1. The number of rotatable bonds is 3. The molecule has 1 fully saturated rings. The van der Waals surface area contributed by atoms with Gasteiger partial charge in [-0.25, -0.2) is 9.07 Å². The zero-order valence-corrected chi connectivity index (χ0v) is 14.1. The second-order valence-corrected chi connectivity index (χ2v) is 6.21. The standard InChI is InChI=1S/C20H17FN4O/c21-18-5-4-15(11-16(18)12-22)20-17(14-6-8-23-9-7-14)13-24-25(20)19-3-1-2-10-26-19/h4-9,11,13,19H,1-3,10H2. The summed E-state index contributed by atoms with van der Waals surface area (Å²) < 4.78 is 21.6. The first-order valence-corrected chi connectivity index (χ1v) is 8.57. The Morgan fingerprint density at radius 3 is 2.73 bits per heavy atom. The van der Waals surface area contributed by atoms with Crippen LogP contribution in [0.1, 0.15) is 31.1 Å². The molecule has 0 radical (unpaired) electrons. The molecule has 26 heavy (non-hydrogen) atoms. The Labute approximate surface area is 150 Å². The molecule has 3 aromatic rings. The van der Waals surface area contributed by atoms with Gasteiger partial charge in [-0.05, 0) is 55.2 Å². The normalized spacial score (nSPS) is 17.0. The van der Waals surface area contributed by atoms with Crippen molar-refractivity contribution in [3.63, 3.8) is 0 Å². The SMILES string of the molecule is N#Cc1cc(-c2c(-c3ccncc3)cnn2C2CCCCO2)ccc1F. The Balaban J connectivity index is 1.89. The topological polar surface area (TPSA) is 63.7 Å². The molecule has 0 saturated carbocycles. The Hall–Kier alpha value is -3.04. The molecule has 4 rings (SSSR count). The van der Waals surface area contributed by atoms with Crippen molar-refractivity contribution in [2.75, 3.05) is 6.61 Å². The minimum absolute atomic E-state index is 0.0143. The van der Waals surface area contributed by atoms with Gasteiger partial charge in [0.25, 0.3) is 0 Å². The average Bonchev–Trinajstić information content (AvgIpc) is 3.15. The van der Waals surface area contributed by atoms with Gasteiger partial charge in [-0.2, -0.15) is 10.4 Å². The number of hydrogen-bond donors (Lipinski definition) is 0. The Morgan fingerprint density at radius 1 is 1.15 bits per heavy atom. The Bertz CT molecular complexity index is 956. The van der Waals surface area contributed by atoms with E-state index in [4.69, 9.17) is 4.74 Å². The molecule has 0 aliphatic carbocycles. The van der Waals surface area contributed by atoms with Crippen LogP contribution in [0.4, 0.5) is 4.39 Å². The minimum Gasteiger partial charge on any atom is -0.356 e. The van der Waals surface area contributed by atoms with Crippen LogP contribution in [0.3, 0.4) is 0 Å². The minimum atomic E-state index is -0.526. The van der Waals surface area contributed by atoms with Gasteiger partial charge < -0.3 is 4.74 Å². The summed E-state index contributed by atoms with van der Waals surface area (Å²) in [6.45, 7) is 0.696. The first kappa shape index (κ1) is 16.4. The van der Waals surface area contributed by atoms with Gasteiger partial charge in [0, 0.05) is 30.1 Å². The van der Waals surface area contributed by atoms with Crippen LogP contribution >= 0.6 is 0 Å². The zero-order valence-electron chi connectivity index (χ0n) is 14.1. The third-order valence-corrected chi connectivity index (χ3v) is 4.58. The van der Waals surface area contributed by atoms with E-state index < -0.39 is 5.82 Å². The van der Waals surface area contributed by atoms with E-state index in [1.54, 1.807) is 30.7 Å². The molecule has 0 N–H and O–H groups in total. The summed E-state index contributed by atoms with van der Waals surface area (Å²) in [5, 5.41) is 13.8. The maximum atomic E-state index is 13.8. The number of halogens is 1. The number of ether oxygens (including phenoxy) is 1. The lowest BCUT2D eigenvalue weighted by Gasteiger charge is -2.25. The van der Waals surface area contributed by atoms with E-state index in [1.165, 1.54) is 6.07 Å². The fourth-order valence-electron chi connectivity index (χ4n) is 3.29. The number of aromatic nitrogens is 3. The molecule has 2 aromatic heterocycles. The van der Waals surface area contributed by atoms with E-state index in [-0.39, 0.29) is 11.8 Å². The van der Waals surface area contributed by atoms with Crippen LogP contribution in [0.2, 0.25) is 0 Å². The molecule has 1 aliphatic heterocycles. The van der Waals surface area contributed by atoms with E-state index in [2.05, 4.69) is 10.1 Å². The molecule has 1 saturated heterocycles. The van der Waals surface area contributed by atoms with Crippen molar-refractivity contribution < 1.29 is 9.13 Å². The number of benzene rings is 1. The summed E-state index contributed by atoms with van der Waals surface area (Å²) in [4.78, 5) is 4.06. The highest BCUT2D eigenvalue weighted by Crippen LogP contribution is 2.36. The molecule has 0 spiro atoms. The molecule has 1 aliphatic rings. The molecule has 1 aromatic carbocycles. The first-order valence-electron chi connectivity index (χ1n) is 8.57. The summed E-state index contributed by atoms with van der Waals surface area (Å²) in [6.07, 6.45) is 8.05. The molecular formula is C20H17FN4O. The maximum Gasteiger partial charge on any atom is 0.150 e. The monoisotopic (exact) mass is 348 g/mol. The lowest BCUT2D eigenvalue weighted by atomic mass is 10.0. The van der Waals surface area contributed by atoms with E-state index in [0.717, 1.165) is 41.6 Å². The van der Waals surface area contributed by atoms with Crippen molar-refractivity contribution in [1.82, 2.24) is 14.8 Å². The first-order chi connectivity index (χ1) is 12.8. The predicted octanol–water partition coefficient (Wildman–Crippen LogP) is 4.32. The van der Waals surface area contributed by atoms with Gasteiger partial charge in [0.05, 0.1) is 17.5 Å². The van der Waals surface area contributed by atoms with E-state index in [1.807, 2.05) is 22.9 Å². The van der Waals surface area contributed by atoms with Crippen LogP contribution in [0.5, 0.6) is 0 Å². The van der Waals surface area contributed by atoms with E-state index >= 15 is 0 Å². The van der Waals surface area contributed by atoms with E-state index in [9.17, 15) is 9.65 Å². The summed E-state index contributed by atoms with van der Waals surface area (Å²) >= 11 is 0. The lowest BCUT2D eigenvalue weighted by Crippen LogP contribution is -2.20. The highest BCUT2D eigenvalue weighted by Gasteiger charge is 2.23. The summed E-state index contributed by atoms with van der Waals surface area (Å²) in [7, 11) is 0. The molecule has 1 unspecified atom stereocenters. The number of pyridine rings is 1. The van der Waals surface area contributed by atoms with Crippen LogP contribution in [0, 0.1) is 17.1 Å². The van der Waals surface area contributed by atoms with Crippen molar-refractivity contribution in [2.45, 2.75) is 25.5 Å². The molecule has 3 heterocycles. The van der Waals surface area contributed by atoms with Crippen LogP contribution < -0.4 is 0 Å². The van der Waals surface area contributed by atoms with Gasteiger partial charge >= 0.3 is 0 Å². The zero-order chi connectivity index (χ0) is 17.9. The highest BCUT2D eigenvalue weighted by molar-refractivity contribution is 5.81. The van der Waals surface area contributed by atoms with Crippen LogP contribution in [0.15, 0.2) is 48.9 Å². The Kier molecular flexibility index (Phi) is 4.46. The number of nitrogens with zero attached hydrogens (tertiary/aromatic N) is 4. The van der Waals surface area contributed by atoms with E-state index in [0.29, 0.717) is 6.61 Å². The molecule has 0 bridgehead atoms. The predicted molar refractivity (Wildman–Crippen MR) is 94.4 cm³/mol. The van der Waals surface area contributed by atoms with Gasteiger partial charge in [-0.3, -0.25) is 4.98 Å². The van der Waals surface area contributed by atoms with Crippen LogP contribution in [-0.2, 0) is 4.74 Å². The van der Waals surface area contributed by atoms with Crippen molar-refractivity contribution in [1.29, 1.82) is 5.26 Å². The third-order valence-electron chi connectivity index (χ3n) is 4.58. The average molecular weight is 348 g/mol. The maximum absolute atomic E-state index is 13.8. The largest absolute Gasteiger partial charge is 0.356 e. The van der Waals surface area contributed by atoms with Crippen LogP contribution in [0.25, 0.3) is 22.4 Å². The number of nitriles is 1. The van der Waals surface area contributed by atoms with Gasteiger partial charge in [0.1, 0.15) is 11.9 Å². The molecular weight excluding hydrogens is 331 g/mol. The quantitative estimate of drug-likeness (QED) is 0.707. The van der Waals surface area contributed by atoms with Gasteiger partial charge in [0.15, 0.2) is 6.23 Å². The van der Waals surface area contributed by atoms with Gasteiger partial charge in [-0.15, -0.1) is 0 Å². The fraction of sp³-hybridized carbons (Fsp3) is 0.250. The molecule has 6 heteroatoms. The number of hydrogen-bond acceptors (Lipinski definition) is 4. The summed E-state index contributed by atoms with van der Waals surface area (Å²) in [6, 6.07) is 10.3. The molecule has 5 nitrogen and oxygen atoms in total. The van der Waals surface area contributed by atoms with Gasteiger partial charge in [-0.1, -0.05) is 0 Å². The summed E-state index contributed by atoms with van der Waals surface area (Å²) in [5.74, 6) is -0.526. The molecule has 1 atom stereocenters. The van der Waals surface area contributed by atoms with Crippen molar-refractivity contribution >= 4 is 0 Å². The van der Waals surface area contributed by atoms with Crippen molar-refractivity contribution in [3.05, 3.63) is 60.3 Å². The third kappa shape index (κ3) is 2.98. The van der Waals surface area contributed by atoms with Crippen LogP contribution in [-0.4, -0.2) is 21.4 Å². The molecule has 130 valence electrons. The van der Waals surface area contributed by atoms with Crippen molar-refractivity contribution in [2.24, 2.45) is 0 Å². The lowest BCUT2D eigenvalue weighted by molar-refractivity contribution is -0.0383. The summed E-state index contributed by atoms with van der Waals surface area (Å²) in [5.41, 5.74) is 3.43. The second-order valence-electron chi connectivity index (χ2n) is 6.21. The smallest absolute Gasteiger partial charge is 0.150 e. The van der Waals surface area contributed by atoms with Gasteiger partial charge in [0.2, 0.25) is 0 Å². The van der Waals surface area contributed by atoms with Crippen molar-refractivity contribution in [3.8, 4) is 28.5 Å².